The minimum atomic E-state index is 0. The van der Waals surface area contributed by atoms with E-state index in [0.717, 1.165) is 6.42 Å². The van der Waals surface area contributed by atoms with Crippen molar-refractivity contribution in [2.75, 3.05) is 0 Å². The molecule has 0 atom stereocenters. The van der Waals surface area contributed by atoms with E-state index in [-0.39, 0.29) is 23.1 Å². The molecule has 0 aliphatic rings. The Hall–Kier alpha value is 0.566. The predicted octanol–water partition coefficient (Wildman–Crippen LogP) is -1.34. The summed E-state index contributed by atoms with van der Waals surface area (Å²) in [5, 5.41) is 24.5. The molecule has 0 aromatic rings. The Morgan fingerprint density at radius 2 is 1.60 bits per heavy atom. The Labute approximate surface area is 75.8 Å². The molecule has 0 amide bonds. The maximum Gasteiger partial charge on any atom is 2.00 e. The minimum absolute atomic E-state index is 0. The normalized spacial score (nSPS) is 7.20. The van der Waals surface area contributed by atoms with E-state index in [9.17, 15) is 0 Å². The van der Waals surface area contributed by atoms with Gasteiger partial charge in [0.1, 0.15) is 0 Å². The topological polar surface area (TPSA) is 73.8 Å². The van der Waals surface area contributed by atoms with Gasteiger partial charge in [0.15, 0.2) is 0 Å². The van der Waals surface area contributed by atoms with E-state index in [4.69, 9.17) is 10.5 Å². The molecule has 0 bridgehead atoms. The SMILES string of the molecule is [CH2-]CCC.[Mg+2].[O-]OOO[O-]. The molecular formula is C4H9MgO5-. The van der Waals surface area contributed by atoms with E-state index in [1.165, 1.54) is 6.42 Å². The number of hydrogen-bond acceptors (Lipinski definition) is 5. The van der Waals surface area contributed by atoms with Crippen molar-refractivity contribution in [1.29, 1.82) is 0 Å². The van der Waals surface area contributed by atoms with E-state index >= 15 is 0 Å². The fraction of sp³-hybridized carbons (Fsp3) is 0.750. The molecular weight excluding hydrogens is 152 g/mol. The van der Waals surface area contributed by atoms with Gasteiger partial charge in [0, 0.05) is 0 Å². The molecule has 0 aliphatic heterocycles. The fourth-order valence-electron chi connectivity index (χ4n) is 0.0113. The summed E-state index contributed by atoms with van der Waals surface area (Å²) in [6.45, 7) is 5.72. The molecule has 0 spiro atoms. The van der Waals surface area contributed by atoms with Crippen molar-refractivity contribution in [1.82, 2.24) is 0 Å². The average molecular weight is 161 g/mol. The molecule has 0 saturated carbocycles. The van der Waals surface area contributed by atoms with Crippen LogP contribution in [0.5, 0.6) is 0 Å². The van der Waals surface area contributed by atoms with Gasteiger partial charge in [-0.1, -0.05) is 18.4 Å². The van der Waals surface area contributed by atoms with Crippen molar-refractivity contribution in [2.24, 2.45) is 0 Å². The van der Waals surface area contributed by atoms with Gasteiger partial charge >= 0.3 is 23.1 Å². The van der Waals surface area contributed by atoms with E-state index in [2.05, 4.69) is 29.0 Å². The zero-order valence-electron chi connectivity index (χ0n) is 5.87. The quantitative estimate of drug-likeness (QED) is 0.222. The molecule has 58 valence electrons. The summed E-state index contributed by atoms with van der Waals surface area (Å²) in [6, 6.07) is 0. The molecule has 0 aliphatic carbocycles. The molecule has 0 heterocycles. The second-order valence-corrected chi connectivity index (χ2v) is 1.06. The summed E-state index contributed by atoms with van der Waals surface area (Å²) in [4.78, 5) is 0. The van der Waals surface area contributed by atoms with Gasteiger partial charge in [-0.15, -0.1) is 0 Å². The molecule has 0 aromatic heterocycles. The predicted molar refractivity (Wildman–Crippen MR) is 29.3 cm³/mol. The number of unbranched alkanes of at least 4 members (excludes halogenated alkanes) is 1. The molecule has 0 aromatic carbocycles. The third-order valence-corrected chi connectivity index (χ3v) is 0.409. The maximum absolute atomic E-state index is 8.48. The molecule has 0 saturated heterocycles. The fourth-order valence-corrected chi connectivity index (χ4v) is 0.0113. The first kappa shape index (κ1) is 16.9. The van der Waals surface area contributed by atoms with Crippen LogP contribution in [0.4, 0.5) is 0 Å². The standard InChI is InChI=1S/C4H9.Mg.H2O5/c1-3-4-2;;1-3-5-4-2/h1,3-4H2,2H3;;1-2H/q-1;+2;/p-2. The van der Waals surface area contributed by atoms with Crippen LogP contribution in [0.2, 0.25) is 0 Å². The van der Waals surface area contributed by atoms with Crippen LogP contribution < -0.4 is 10.5 Å². The smallest absolute Gasteiger partial charge is 0.690 e. The third-order valence-electron chi connectivity index (χ3n) is 0.409. The zero-order chi connectivity index (χ0) is 7.54. The Morgan fingerprint density at radius 3 is 1.60 bits per heavy atom. The van der Waals surface area contributed by atoms with Crippen LogP contribution in [0.1, 0.15) is 19.8 Å². The van der Waals surface area contributed by atoms with E-state index < -0.39 is 0 Å². The van der Waals surface area contributed by atoms with E-state index in [1.807, 2.05) is 0 Å². The van der Waals surface area contributed by atoms with Crippen LogP contribution in [0.15, 0.2) is 0 Å². The van der Waals surface area contributed by atoms with E-state index in [1.54, 1.807) is 0 Å². The minimum Gasteiger partial charge on any atom is -0.690 e. The van der Waals surface area contributed by atoms with Crippen LogP contribution in [0.3, 0.4) is 0 Å². The second-order valence-electron chi connectivity index (χ2n) is 1.06. The van der Waals surface area contributed by atoms with Crippen molar-refractivity contribution in [3.8, 4) is 0 Å². The van der Waals surface area contributed by atoms with Crippen LogP contribution in [-0.4, -0.2) is 23.1 Å². The maximum atomic E-state index is 8.48. The Bertz CT molecular complexity index is 32.8. The molecule has 0 radical (unpaired) electrons. The van der Waals surface area contributed by atoms with E-state index in [0.29, 0.717) is 0 Å². The van der Waals surface area contributed by atoms with Gasteiger partial charge in [0.2, 0.25) is 0 Å². The summed E-state index contributed by atoms with van der Waals surface area (Å²) < 4.78 is 0. The first-order chi connectivity index (χ1) is 4.33. The monoisotopic (exact) mass is 161 g/mol. The molecule has 0 rings (SSSR count). The van der Waals surface area contributed by atoms with Crippen LogP contribution in [0, 0.1) is 6.92 Å². The second kappa shape index (κ2) is 22.7. The summed E-state index contributed by atoms with van der Waals surface area (Å²) in [5.41, 5.74) is 0. The van der Waals surface area contributed by atoms with Crippen LogP contribution in [-0.2, 0) is 15.1 Å². The molecule has 6 heteroatoms. The van der Waals surface area contributed by atoms with Gasteiger partial charge < -0.3 is 17.4 Å². The van der Waals surface area contributed by atoms with Crippen molar-refractivity contribution >= 4 is 23.1 Å². The van der Waals surface area contributed by atoms with Gasteiger partial charge in [0.25, 0.3) is 0 Å². The van der Waals surface area contributed by atoms with Crippen molar-refractivity contribution in [3.05, 3.63) is 6.92 Å². The van der Waals surface area contributed by atoms with Crippen LogP contribution >= 0.6 is 0 Å². The first-order valence-corrected chi connectivity index (χ1v) is 2.37. The molecule has 5 nitrogen and oxygen atoms in total. The Kier molecular flexibility index (Phi) is 38.3. The third kappa shape index (κ3) is 38.6. The van der Waals surface area contributed by atoms with Crippen molar-refractivity contribution in [3.63, 3.8) is 0 Å². The summed E-state index contributed by atoms with van der Waals surface area (Å²) >= 11 is 0. The van der Waals surface area contributed by atoms with Gasteiger partial charge in [0.05, 0.1) is 0 Å². The van der Waals surface area contributed by atoms with Crippen LogP contribution in [0.25, 0.3) is 0 Å². The number of hydrogen-bond donors (Lipinski definition) is 0. The molecule has 0 fully saturated rings. The first-order valence-electron chi connectivity index (χ1n) is 2.37. The average Bonchev–Trinajstić information content (AvgIpc) is 1.91. The van der Waals surface area contributed by atoms with Gasteiger partial charge in [-0.2, -0.15) is 6.42 Å². The van der Waals surface area contributed by atoms with Crippen molar-refractivity contribution in [2.45, 2.75) is 19.8 Å². The molecule has 10 heavy (non-hydrogen) atoms. The molecule has 0 unspecified atom stereocenters. The van der Waals surface area contributed by atoms with Gasteiger partial charge in [-0.05, 0) is 0 Å². The zero-order valence-corrected chi connectivity index (χ0v) is 7.28. The Balaban J connectivity index is -0.0000000910. The van der Waals surface area contributed by atoms with Crippen molar-refractivity contribution < 1.29 is 25.6 Å². The summed E-state index contributed by atoms with van der Waals surface area (Å²) in [6.07, 6.45) is 2.28. The molecule has 0 N–H and O–H groups in total. The summed E-state index contributed by atoms with van der Waals surface area (Å²) in [7, 11) is 0. The van der Waals surface area contributed by atoms with Gasteiger partial charge in [-0.3, -0.25) is 10.1 Å². The largest absolute Gasteiger partial charge is 2.00 e. The summed E-state index contributed by atoms with van der Waals surface area (Å²) in [5.74, 6) is 0. The van der Waals surface area contributed by atoms with Gasteiger partial charge in [-0.25, -0.2) is 0 Å². The Morgan fingerprint density at radius 1 is 1.30 bits per heavy atom. The number of rotatable bonds is 3.